The van der Waals surface area contributed by atoms with Gasteiger partial charge < -0.3 is 11.1 Å². The molecule has 0 aliphatic carbocycles. The molecule has 0 aliphatic rings. The first kappa shape index (κ1) is 13.3. The zero-order valence-electron chi connectivity index (χ0n) is 9.82. The van der Waals surface area contributed by atoms with E-state index in [0.29, 0.717) is 10.8 Å². The molecule has 3 nitrogen and oxygen atoms in total. The fraction of sp³-hybridized carbons (Fsp3) is 0.154. The van der Waals surface area contributed by atoms with Gasteiger partial charge in [-0.1, -0.05) is 39.7 Å². The summed E-state index contributed by atoms with van der Waals surface area (Å²) in [6.07, 6.45) is 1.55. The number of hydrogen-bond acceptors (Lipinski definition) is 3. The molecule has 0 saturated heterocycles. The normalized spacial score (nSPS) is 12.4. The quantitative estimate of drug-likeness (QED) is 0.909. The summed E-state index contributed by atoms with van der Waals surface area (Å²) in [5.74, 6) is 0.488. The number of aromatic nitrogens is 1. The monoisotopic (exact) mass is 325 g/mol. The van der Waals surface area contributed by atoms with Crippen LogP contribution in [0.3, 0.4) is 0 Å². The third-order valence-electron chi connectivity index (χ3n) is 2.72. The number of nitrogens with two attached hydrogens (primary N) is 1. The predicted molar refractivity (Wildman–Crippen MR) is 78.7 cm³/mol. The van der Waals surface area contributed by atoms with Gasteiger partial charge in [0.2, 0.25) is 0 Å². The van der Waals surface area contributed by atoms with E-state index in [1.54, 1.807) is 6.20 Å². The minimum absolute atomic E-state index is 0.0238. The van der Waals surface area contributed by atoms with E-state index in [1.807, 2.05) is 37.4 Å². The Bertz CT molecular complexity index is 542. The number of nitrogens with one attached hydrogen (secondary N) is 1. The van der Waals surface area contributed by atoms with E-state index < -0.39 is 0 Å². The lowest BCUT2D eigenvalue weighted by Crippen LogP contribution is -2.19. The van der Waals surface area contributed by atoms with Crippen LogP contribution in [-0.4, -0.2) is 12.0 Å². The first-order chi connectivity index (χ1) is 8.61. The summed E-state index contributed by atoms with van der Waals surface area (Å²) < 4.78 is 1.04. The molecule has 3 N–H and O–H groups in total. The molecule has 0 saturated carbocycles. The van der Waals surface area contributed by atoms with E-state index in [-0.39, 0.29) is 6.04 Å². The van der Waals surface area contributed by atoms with E-state index in [9.17, 15) is 0 Å². The first-order valence-electron chi connectivity index (χ1n) is 5.45. The lowest BCUT2D eigenvalue weighted by atomic mass is 9.99. The Hall–Kier alpha value is -1.10. The van der Waals surface area contributed by atoms with Gasteiger partial charge in [-0.15, -0.1) is 0 Å². The van der Waals surface area contributed by atoms with Gasteiger partial charge in [0, 0.05) is 16.2 Å². The average Bonchev–Trinajstić information content (AvgIpc) is 2.37. The molecule has 94 valence electrons. The van der Waals surface area contributed by atoms with Crippen molar-refractivity contribution in [2.75, 3.05) is 12.8 Å². The summed E-state index contributed by atoms with van der Waals surface area (Å²) >= 11 is 9.40. The summed E-state index contributed by atoms with van der Waals surface area (Å²) in [5.41, 5.74) is 7.90. The molecule has 1 aromatic heterocycles. The molecule has 2 aromatic rings. The van der Waals surface area contributed by atoms with Crippen molar-refractivity contribution in [2.24, 2.45) is 0 Å². The maximum Gasteiger partial charge on any atom is 0.128 e. The van der Waals surface area contributed by atoms with E-state index in [2.05, 4.69) is 26.2 Å². The van der Waals surface area contributed by atoms with Gasteiger partial charge in [0.25, 0.3) is 0 Å². The molecule has 0 fully saturated rings. The maximum atomic E-state index is 5.98. The van der Waals surface area contributed by atoms with Crippen LogP contribution in [0.1, 0.15) is 17.2 Å². The van der Waals surface area contributed by atoms with Gasteiger partial charge in [0.05, 0.1) is 11.1 Å². The zero-order valence-corrected chi connectivity index (χ0v) is 12.2. The highest BCUT2D eigenvalue weighted by Crippen LogP contribution is 2.28. The minimum Gasteiger partial charge on any atom is -0.383 e. The van der Waals surface area contributed by atoms with Crippen molar-refractivity contribution in [3.05, 3.63) is 57.2 Å². The third kappa shape index (κ3) is 2.83. The Morgan fingerprint density at radius 1 is 1.33 bits per heavy atom. The number of rotatable bonds is 3. The van der Waals surface area contributed by atoms with Crippen molar-refractivity contribution in [1.29, 1.82) is 0 Å². The molecule has 0 spiro atoms. The number of benzene rings is 1. The van der Waals surface area contributed by atoms with Gasteiger partial charge in [-0.3, -0.25) is 0 Å². The molecule has 1 unspecified atom stereocenters. The lowest BCUT2D eigenvalue weighted by Gasteiger charge is -2.18. The molecule has 1 aromatic carbocycles. The van der Waals surface area contributed by atoms with Crippen LogP contribution >= 0.6 is 27.5 Å². The van der Waals surface area contributed by atoms with Crippen molar-refractivity contribution < 1.29 is 0 Å². The number of anilines is 1. The highest BCUT2D eigenvalue weighted by molar-refractivity contribution is 9.10. The molecule has 0 radical (unpaired) electrons. The van der Waals surface area contributed by atoms with E-state index in [1.165, 1.54) is 0 Å². The van der Waals surface area contributed by atoms with Crippen molar-refractivity contribution in [3.8, 4) is 0 Å². The van der Waals surface area contributed by atoms with Crippen molar-refractivity contribution in [3.63, 3.8) is 0 Å². The standard InChI is InChI=1S/C13H13BrClN3/c1-17-12(8-2-4-9(14)5-3-8)11-6-10(15)7-18-13(11)16/h2-7,12,17H,1H3,(H2,16,18). The number of nitrogen functional groups attached to an aromatic ring is 1. The Morgan fingerprint density at radius 3 is 2.61 bits per heavy atom. The number of hydrogen-bond donors (Lipinski definition) is 2. The summed E-state index contributed by atoms with van der Waals surface area (Å²) in [6, 6.07) is 9.87. The Balaban J connectivity index is 2.44. The SMILES string of the molecule is CNC(c1ccc(Br)cc1)c1cc(Cl)cnc1N. The Morgan fingerprint density at radius 2 is 2.00 bits per heavy atom. The second-order valence-electron chi connectivity index (χ2n) is 3.90. The summed E-state index contributed by atoms with van der Waals surface area (Å²) in [6.45, 7) is 0. The molecule has 1 atom stereocenters. The van der Waals surface area contributed by atoms with Crippen LogP contribution in [0, 0.1) is 0 Å². The topological polar surface area (TPSA) is 50.9 Å². The molecule has 0 amide bonds. The molecular formula is C13H13BrClN3. The fourth-order valence-corrected chi connectivity index (χ4v) is 2.28. The number of halogens is 2. The summed E-state index contributed by atoms with van der Waals surface area (Å²) in [4.78, 5) is 4.09. The van der Waals surface area contributed by atoms with Crippen LogP contribution in [0.5, 0.6) is 0 Å². The average molecular weight is 327 g/mol. The smallest absolute Gasteiger partial charge is 0.128 e. The molecular weight excluding hydrogens is 314 g/mol. The van der Waals surface area contributed by atoms with Crippen LogP contribution < -0.4 is 11.1 Å². The molecule has 5 heteroatoms. The highest BCUT2D eigenvalue weighted by atomic mass is 79.9. The summed E-state index contributed by atoms with van der Waals surface area (Å²) in [5, 5.41) is 3.81. The third-order valence-corrected chi connectivity index (χ3v) is 3.45. The van der Waals surface area contributed by atoms with E-state index in [4.69, 9.17) is 17.3 Å². The van der Waals surface area contributed by atoms with E-state index >= 15 is 0 Å². The Labute approximate surface area is 119 Å². The van der Waals surface area contributed by atoms with Crippen LogP contribution in [-0.2, 0) is 0 Å². The van der Waals surface area contributed by atoms with Crippen LogP contribution in [0.15, 0.2) is 41.0 Å². The van der Waals surface area contributed by atoms with Gasteiger partial charge in [0.1, 0.15) is 5.82 Å². The number of nitrogens with zero attached hydrogens (tertiary/aromatic N) is 1. The highest BCUT2D eigenvalue weighted by Gasteiger charge is 2.15. The van der Waals surface area contributed by atoms with Crippen LogP contribution in [0.4, 0.5) is 5.82 Å². The Kier molecular flexibility index (Phi) is 4.22. The molecule has 0 bridgehead atoms. The van der Waals surface area contributed by atoms with E-state index in [0.717, 1.165) is 15.6 Å². The molecule has 2 rings (SSSR count). The van der Waals surface area contributed by atoms with Gasteiger partial charge >= 0.3 is 0 Å². The number of pyridine rings is 1. The first-order valence-corrected chi connectivity index (χ1v) is 6.62. The van der Waals surface area contributed by atoms with Gasteiger partial charge in [-0.25, -0.2) is 4.98 Å². The van der Waals surface area contributed by atoms with Gasteiger partial charge in [0.15, 0.2) is 0 Å². The maximum absolute atomic E-state index is 5.98. The molecule has 18 heavy (non-hydrogen) atoms. The largest absolute Gasteiger partial charge is 0.383 e. The second-order valence-corrected chi connectivity index (χ2v) is 5.25. The fourth-order valence-electron chi connectivity index (χ4n) is 1.85. The van der Waals surface area contributed by atoms with Crippen LogP contribution in [0.2, 0.25) is 5.02 Å². The van der Waals surface area contributed by atoms with Gasteiger partial charge in [-0.05, 0) is 30.8 Å². The van der Waals surface area contributed by atoms with Crippen molar-refractivity contribution in [1.82, 2.24) is 10.3 Å². The lowest BCUT2D eigenvalue weighted by molar-refractivity contribution is 0.691. The molecule has 0 aliphatic heterocycles. The van der Waals surface area contributed by atoms with Crippen molar-refractivity contribution >= 4 is 33.3 Å². The molecule has 1 heterocycles. The predicted octanol–water partition coefficient (Wildman–Crippen LogP) is 3.39. The van der Waals surface area contributed by atoms with Crippen molar-refractivity contribution in [2.45, 2.75) is 6.04 Å². The van der Waals surface area contributed by atoms with Gasteiger partial charge in [-0.2, -0.15) is 0 Å². The summed E-state index contributed by atoms with van der Waals surface area (Å²) in [7, 11) is 1.88. The minimum atomic E-state index is -0.0238. The zero-order chi connectivity index (χ0) is 13.1. The van der Waals surface area contributed by atoms with Crippen LogP contribution in [0.25, 0.3) is 0 Å². The second kappa shape index (κ2) is 5.69.